The first kappa shape index (κ1) is 46.5. The Hall–Kier alpha value is 0.603. The van der Waals surface area contributed by atoms with Crippen LogP contribution in [0.5, 0.6) is 0 Å². The molecular formula is C32H70O3Zr. The monoisotopic (exact) mass is 592 g/mol. The van der Waals surface area contributed by atoms with Crippen molar-refractivity contribution in [1.29, 1.82) is 0 Å². The van der Waals surface area contributed by atoms with E-state index in [1.807, 2.05) is 0 Å². The predicted octanol–water partition coefficient (Wildman–Crippen LogP) is 10.9. The topological polar surface area (TPSA) is 57.5 Å². The summed E-state index contributed by atoms with van der Waals surface area (Å²) in [6, 6.07) is 0. The molecule has 0 fully saturated rings. The van der Waals surface area contributed by atoms with Crippen molar-refractivity contribution >= 4 is 0 Å². The van der Waals surface area contributed by atoms with Crippen LogP contribution in [0.3, 0.4) is 0 Å². The molecule has 0 aliphatic carbocycles. The second-order valence-electron chi connectivity index (χ2n) is 9.52. The van der Waals surface area contributed by atoms with Gasteiger partial charge in [-0.3, -0.25) is 0 Å². The van der Waals surface area contributed by atoms with Crippen molar-refractivity contribution in [2.45, 2.75) is 182 Å². The van der Waals surface area contributed by atoms with Gasteiger partial charge in [0.25, 0.3) is 0 Å². The van der Waals surface area contributed by atoms with Gasteiger partial charge in [-0.1, -0.05) is 156 Å². The molecule has 0 amide bonds. The Balaban J connectivity index is -0.000000116. The molecule has 0 radical (unpaired) electrons. The molecule has 0 spiro atoms. The Morgan fingerprint density at radius 1 is 0.389 bits per heavy atom. The van der Waals surface area contributed by atoms with Crippen molar-refractivity contribution in [3.8, 4) is 0 Å². The summed E-state index contributed by atoms with van der Waals surface area (Å²) in [6.07, 6.45) is 30.9. The molecule has 0 aromatic heterocycles. The number of aliphatic hydroxyl groups is 2. The van der Waals surface area contributed by atoms with E-state index in [-0.39, 0.29) is 0 Å². The van der Waals surface area contributed by atoms with Crippen LogP contribution in [0.25, 0.3) is 0 Å². The third-order valence-corrected chi connectivity index (χ3v) is 5.73. The first-order valence-corrected chi connectivity index (χ1v) is 16.7. The van der Waals surface area contributed by atoms with Gasteiger partial charge in [0.2, 0.25) is 0 Å². The van der Waals surface area contributed by atoms with E-state index in [4.69, 9.17) is 13.0 Å². The van der Waals surface area contributed by atoms with Gasteiger partial charge in [0.15, 0.2) is 0 Å². The van der Waals surface area contributed by atoms with Gasteiger partial charge in [-0.05, 0) is 12.8 Å². The molecule has 0 unspecified atom stereocenters. The van der Waals surface area contributed by atoms with E-state index in [0.29, 0.717) is 37.9 Å². The predicted molar refractivity (Wildman–Crippen MR) is 159 cm³/mol. The van der Waals surface area contributed by atoms with Gasteiger partial charge in [0.05, 0.1) is 0 Å². The molecule has 36 heavy (non-hydrogen) atoms. The molecule has 4 heteroatoms. The fraction of sp³-hybridized carbons (Fsp3) is 0.938. The first-order valence-electron chi connectivity index (χ1n) is 15.7. The molecule has 0 atom stereocenters. The Labute approximate surface area is 245 Å². The van der Waals surface area contributed by atoms with E-state index < -0.39 is 0 Å². The van der Waals surface area contributed by atoms with Gasteiger partial charge in [-0.15, -0.1) is 0 Å². The molecular weight excluding hydrogens is 524 g/mol. The van der Waals surface area contributed by atoms with Crippen LogP contribution < -0.4 is 0 Å². The van der Waals surface area contributed by atoms with Crippen LogP contribution in [-0.4, -0.2) is 23.4 Å². The molecule has 3 nitrogen and oxygen atoms in total. The van der Waals surface area contributed by atoms with Crippen molar-refractivity contribution in [1.82, 2.24) is 0 Å². The van der Waals surface area contributed by atoms with E-state index in [1.54, 1.807) is 0 Å². The number of hydrogen-bond donors (Lipinski definition) is 2. The number of rotatable bonds is 22. The average molecular weight is 594 g/mol. The molecule has 0 aliphatic rings. The zero-order valence-electron chi connectivity index (χ0n) is 25.6. The summed E-state index contributed by atoms with van der Waals surface area (Å²) < 4.78 is 8.34. The molecule has 0 rings (SSSR count). The number of hydrogen-bond acceptors (Lipinski definition) is 3. The summed E-state index contributed by atoms with van der Waals surface area (Å²) in [5, 5.41) is 16.8. The van der Waals surface area contributed by atoms with Crippen LogP contribution >= 0.6 is 0 Å². The summed E-state index contributed by atoms with van der Waals surface area (Å²) in [6.45, 7) is 17.2. The van der Waals surface area contributed by atoms with Crippen molar-refractivity contribution in [3.63, 3.8) is 0 Å². The maximum atomic E-state index is 8.42. The molecule has 0 saturated carbocycles. The van der Waals surface area contributed by atoms with Gasteiger partial charge in [0.1, 0.15) is 0 Å². The minimum absolute atomic E-state index is 0.300. The molecule has 220 valence electrons. The van der Waals surface area contributed by atoms with Crippen LogP contribution in [0.2, 0.25) is 0 Å². The summed E-state index contributed by atoms with van der Waals surface area (Å²) in [5.74, 6) is 0. The third-order valence-electron chi connectivity index (χ3n) is 5.73. The molecule has 0 heterocycles. The molecule has 0 bridgehead atoms. The summed E-state index contributed by atoms with van der Waals surface area (Å²) in [4.78, 5) is 0. The Morgan fingerprint density at radius 2 is 0.583 bits per heavy atom. The fourth-order valence-corrected chi connectivity index (χ4v) is 3.34. The van der Waals surface area contributed by atoms with Crippen molar-refractivity contribution < 1.29 is 37.7 Å². The molecule has 0 aromatic carbocycles. The standard InChI is InChI=1S/2C8H18O.2C8H17.O.Zr/c2*1-2-3-4-5-6-7-8-9;2*1-3-5-7-8-6-4-2;;/h2*9H,2-8H2,1H3;2*1,3-8H2,2H3;;/q;;2*-1;;+2. The van der Waals surface area contributed by atoms with E-state index in [2.05, 4.69) is 41.5 Å². The van der Waals surface area contributed by atoms with E-state index in [1.165, 1.54) is 128 Å². The third kappa shape index (κ3) is 76.5. The van der Waals surface area contributed by atoms with E-state index in [9.17, 15) is 0 Å². The van der Waals surface area contributed by atoms with Gasteiger partial charge >= 0.3 is 27.5 Å². The second-order valence-corrected chi connectivity index (χ2v) is 9.52. The van der Waals surface area contributed by atoms with Crippen LogP contribution in [0.15, 0.2) is 0 Å². The molecule has 0 aliphatic heterocycles. The zero-order chi connectivity index (χ0) is 28.4. The van der Waals surface area contributed by atoms with Crippen LogP contribution in [0, 0.1) is 13.8 Å². The van der Waals surface area contributed by atoms with Crippen LogP contribution in [0.4, 0.5) is 0 Å². The summed E-state index contributed by atoms with van der Waals surface area (Å²) >= 11 is 0.300. The van der Waals surface area contributed by atoms with Crippen molar-refractivity contribution in [2.24, 2.45) is 0 Å². The van der Waals surface area contributed by atoms with Crippen molar-refractivity contribution in [3.05, 3.63) is 13.8 Å². The maximum absolute atomic E-state index is 8.42. The van der Waals surface area contributed by atoms with Crippen LogP contribution in [0.1, 0.15) is 182 Å². The summed E-state index contributed by atoms with van der Waals surface area (Å²) in [5.41, 5.74) is 0. The Kier molecular flexibility index (Phi) is 77.7. The van der Waals surface area contributed by atoms with Gasteiger partial charge in [0, 0.05) is 13.2 Å². The second kappa shape index (κ2) is 60.2. The molecule has 0 aromatic rings. The zero-order valence-corrected chi connectivity index (χ0v) is 28.1. The summed E-state index contributed by atoms with van der Waals surface area (Å²) in [7, 11) is 0. The SMILES string of the molecule is CCCCCCCCO.CCCCCCCCO.[CH2-]CCCCCCC.[CH2-]CCCCCCC.[O]=[Zr+2]. The van der Waals surface area contributed by atoms with Gasteiger partial charge in [-0.2, -0.15) is 12.8 Å². The quantitative estimate of drug-likeness (QED) is 0.0969. The Bertz CT molecular complexity index is 228. The molecule has 2 N–H and O–H groups in total. The minimum atomic E-state index is 0.300. The number of unbranched alkanes of at least 4 members (excludes halogenated alkanes) is 20. The first-order chi connectivity index (χ1) is 17.7. The van der Waals surface area contributed by atoms with Gasteiger partial charge in [-0.25, -0.2) is 0 Å². The fourth-order valence-electron chi connectivity index (χ4n) is 3.34. The van der Waals surface area contributed by atoms with Gasteiger partial charge < -0.3 is 24.1 Å². The number of aliphatic hydroxyl groups excluding tert-OH is 2. The van der Waals surface area contributed by atoms with Crippen molar-refractivity contribution in [2.75, 3.05) is 13.2 Å². The normalized spacial score (nSPS) is 9.50. The molecule has 0 saturated heterocycles. The average Bonchev–Trinajstić information content (AvgIpc) is 2.91. The van der Waals surface area contributed by atoms with E-state index in [0.717, 1.165) is 25.7 Å². The van der Waals surface area contributed by atoms with E-state index >= 15 is 0 Å². The van der Waals surface area contributed by atoms with Crippen LogP contribution in [-0.2, 0) is 27.5 Å². The Morgan fingerprint density at radius 3 is 0.778 bits per heavy atom.